The highest BCUT2D eigenvalue weighted by molar-refractivity contribution is 9.13. The largest absolute Gasteiger partial charge is 0.490 e. The summed E-state index contributed by atoms with van der Waals surface area (Å²) < 4.78 is 12.6. The molecule has 0 bridgehead atoms. The van der Waals surface area contributed by atoms with Crippen LogP contribution in [0.15, 0.2) is 25.0 Å². The molecule has 0 amide bonds. The van der Waals surface area contributed by atoms with Gasteiger partial charge in [-0.2, -0.15) is 5.26 Å². The third kappa shape index (κ3) is 4.02. The normalized spacial score (nSPS) is 10.4. The van der Waals surface area contributed by atoms with Crippen molar-refractivity contribution in [2.24, 2.45) is 0 Å². The summed E-state index contributed by atoms with van der Waals surface area (Å²) in [5.74, 6) is 1.06. The number of halogens is 2. The van der Waals surface area contributed by atoms with Crippen LogP contribution >= 0.6 is 43.6 Å². The average molecular weight is 489 g/mol. The molecule has 9 heteroatoms. The van der Waals surface area contributed by atoms with Crippen molar-refractivity contribution in [1.82, 2.24) is 9.97 Å². The van der Waals surface area contributed by atoms with Crippen molar-refractivity contribution in [3.05, 3.63) is 30.9 Å². The van der Waals surface area contributed by atoms with Gasteiger partial charge in [-0.05, 0) is 58.0 Å². The summed E-state index contributed by atoms with van der Waals surface area (Å²) in [6.45, 7) is 4.65. The molecule has 132 valence electrons. The lowest BCUT2D eigenvalue weighted by molar-refractivity contribution is 0.286. The summed E-state index contributed by atoms with van der Waals surface area (Å²) in [5, 5.41) is 9.82. The van der Waals surface area contributed by atoms with Crippen LogP contribution in [0.1, 0.15) is 19.4 Å². The van der Waals surface area contributed by atoms with Gasteiger partial charge in [0.15, 0.2) is 16.7 Å². The Bertz CT molecular complexity index is 894. The predicted molar refractivity (Wildman–Crippen MR) is 105 cm³/mol. The van der Waals surface area contributed by atoms with Gasteiger partial charge in [0, 0.05) is 10.0 Å². The zero-order valence-corrected chi connectivity index (χ0v) is 17.8. The van der Waals surface area contributed by atoms with E-state index in [0.29, 0.717) is 44.4 Å². The molecule has 0 saturated heterocycles. The van der Waals surface area contributed by atoms with Crippen LogP contribution in [0, 0.1) is 11.3 Å². The average Bonchev–Trinajstić information content (AvgIpc) is 2.60. The second-order valence-electron chi connectivity index (χ2n) is 4.66. The molecule has 1 N–H and O–H groups in total. The van der Waals surface area contributed by atoms with E-state index in [1.807, 2.05) is 19.9 Å². The van der Waals surface area contributed by atoms with Gasteiger partial charge in [-0.1, -0.05) is 11.8 Å². The first-order valence-electron chi connectivity index (χ1n) is 7.34. The number of benzene rings is 1. The Morgan fingerprint density at radius 3 is 2.52 bits per heavy atom. The van der Waals surface area contributed by atoms with Crippen molar-refractivity contribution in [2.45, 2.75) is 19.0 Å². The van der Waals surface area contributed by atoms with Crippen LogP contribution in [0.25, 0.3) is 11.3 Å². The van der Waals surface area contributed by atoms with E-state index in [1.54, 1.807) is 12.3 Å². The monoisotopic (exact) mass is 487 g/mol. The minimum Gasteiger partial charge on any atom is -0.490 e. The topological polar surface area (TPSA) is 88.0 Å². The van der Waals surface area contributed by atoms with E-state index in [0.717, 1.165) is 0 Å². The number of thioether (sulfide) groups is 1. The molecule has 0 unspecified atom stereocenters. The molecule has 1 aromatic carbocycles. The number of hydrogen-bond acceptors (Lipinski definition) is 6. The second-order valence-corrected chi connectivity index (χ2v) is 7.04. The minimum absolute atomic E-state index is 0.0583. The Morgan fingerprint density at radius 1 is 1.28 bits per heavy atom. The molecule has 0 aliphatic rings. The van der Waals surface area contributed by atoms with Crippen LogP contribution in [0.5, 0.6) is 11.5 Å². The van der Waals surface area contributed by atoms with Crippen LogP contribution in [-0.4, -0.2) is 29.4 Å². The highest BCUT2D eigenvalue weighted by Crippen LogP contribution is 2.46. The van der Waals surface area contributed by atoms with Crippen molar-refractivity contribution < 1.29 is 9.47 Å². The highest BCUT2D eigenvalue weighted by atomic mass is 79.9. The quantitative estimate of drug-likeness (QED) is 0.480. The molecule has 25 heavy (non-hydrogen) atoms. The molecule has 2 rings (SSSR count). The van der Waals surface area contributed by atoms with Crippen molar-refractivity contribution >= 4 is 43.6 Å². The highest BCUT2D eigenvalue weighted by Gasteiger charge is 2.22. The predicted octanol–water partition coefficient (Wildman–Crippen LogP) is 4.35. The number of rotatable bonds is 6. The summed E-state index contributed by atoms with van der Waals surface area (Å²) in [6, 6.07) is 3.65. The fourth-order valence-corrected chi connectivity index (χ4v) is 3.53. The van der Waals surface area contributed by atoms with Gasteiger partial charge in [-0.15, -0.1) is 0 Å². The molecular weight excluding hydrogens is 474 g/mol. The van der Waals surface area contributed by atoms with Crippen molar-refractivity contribution in [1.29, 1.82) is 5.26 Å². The first-order valence-corrected chi connectivity index (χ1v) is 10.2. The Morgan fingerprint density at radius 2 is 1.96 bits per heavy atom. The van der Waals surface area contributed by atoms with Crippen LogP contribution in [0.4, 0.5) is 0 Å². The van der Waals surface area contributed by atoms with Crippen LogP contribution in [0.3, 0.4) is 0 Å². The zero-order valence-electron chi connectivity index (χ0n) is 13.8. The van der Waals surface area contributed by atoms with E-state index in [1.165, 1.54) is 11.8 Å². The summed E-state index contributed by atoms with van der Waals surface area (Å²) in [7, 11) is 0. The third-order valence-electron chi connectivity index (χ3n) is 3.17. The molecule has 0 aliphatic carbocycles. The number of nitrogens with one attached hydrogen (secondary N) is 1. The molecule has 6 nitrogen and oxygen atoms in total. The molecular formula is C16H15Br2N3O3S. The van der Waals surface area contributed by atoms with E-state index in [-0.39, 0.29) is 11.3 Å². The van der Waals surface area contributed by atoms with Gasteiger partial charge in [0.2, 0.25) is 0 Å². The Balaban J connectivity index is 2.82. The van der Waals surface area contributed by atoms with Gasteiger partial charge >= 0.3 is 0 Å². The van der Waals surface area contributed by atoms with Gasteiger partial charge in [-0.3, -0.25) is 4.79 Å². The Labute approximate surface area is 166 Å². The van der Waals surface area contributed by atoms with E-state index in [2.05, 4.69) is 41.8 Å². The van der Waals surface area contributed by atoms with Gasteiger partial charge in [0.1, 0.15) is 11.6 Å². The third-order valence-corrected chi connectivity index (χ3v) is 5.87. The maximum atomic E-state index is 12.2. The lowest BCUT2D eigenvalue weighted by atomic mass is 10.1. The lowest BCUT2D eigenvalue weighted by Crippen LogP contribution is -2.15. The summed E-state index contributed by atoms with van der Waals surface area (Å²) in [4.78, 5) is 19.2. The first-order chi connectivity index (χ1) is 12.0. The summed E-state index contributed by atoms with van der Waals surface area (Å²) >= 11 is 8.29. The van der Waals surface area contributed by atoms with E-state index in [4.69, 9.17) is 9.47 Å². The van der Waals surface area contributed by atoms with E-state index < -0.39 is 5.56 Å². The van der Waals surface area contributed by atoms with Gasteiger partial charge in [0.25, 0.3) is 5.56 Å². The standard InChI is InChI=1S/C16H15Br2N3O3S/c1-4-23-10-6-8(11(17)12(18)14(10)24-5-2)13-9(7-19)15(22)21-16(20-13)25-3/h6H,4-5H2,1-3H3,(H,20,21,22). The Kier molecular flexibility index (Phi) is 6.93. The zero-order chi connectivity index (χ0) is 18.6. The smallest absolute Gasteiger partial charge is 0.270 e. The lowest BCUT2D eigenvalue weighted by Gasteiger charge is -2.17. The van der Waals surface area contributed by atoms with Crippen molar-refractivity contribution in [3.63, 3.8) is 0 Å². The minimum atomic E-state index is -0.480. The van der Waals surface area contributed by atoms with Gasteiger partial charge in [0.05, 0.1) is 23.4 Å². The van der Waals surface area contributed by atoms with Crippen LogP contribution < -0.4 is 15.0 Å². The number of aromatic amines is 1. The van der Waals surface area contributed by atoms with Crippen molar-refractivity contribution in [3.8, 4) is 28.8 Å². The molecule has 2 aromatic rings. The molecule has 0 radical (unpaired) electrons. The molecule has 1 aromatic heterocycles. The van der Waals surface area contributed by atoms with E-state index >= 15 is 0 Å². The van der Waals surface area contributed by atoms with Gasteiger partial charge in [-0.25, -0.2) is 4.98 Å². The molecule has 1 heterocycles. The number of ether oxygens (including phenoxy) is 2. The molecule has 0 saturated carbocycles. The number of nitriles is 1. The second kappa shape index (κ2) is 8.74. The number of hydrogen-bond donors (Lipinski definition) is 1. The van der Waals surface area contributed by atoms with Gasteiger partial charge < -0.3 is 14.5 Å². The molecule has 0 spiro atoms. The molecule has 0 aliphatic heterocycles. The summed E-state index contributed by atoms with van der Waals surface area (Å²) in [6.07, 6.45) is 1.79. The fourth-order valence-electron chi connectivity index (χ4n) is 2.15. The SMILES string of the molecule is CCOc1cc(-c2nc(SC)[nH]c(=O)c2C#N)c(Br)c(Br)c1OCC. The van der Waals surface area contributed by atoms with E-state index in [9.17, 15) is 10.1 Å². The molecule has 0 atom stereocenters. The van der Waals surface area contributed by atoms with Crippen LogP contribution in [-0.2, 0) is 0 Å². The summed E-state index contributed by atoms with van der Waals surface area (Å²) in [5.41, 5.74) is 0.313. The maximum absolute atomic E-state index is 12.2. The molecule has 0 fully saturated rings. The first kappa shape index (κ1) is 19.8. The number of H-pyrrole nitrogens is 1. The number of aromatic nitrogens is 2. The fraction of sp³-hybridized carbons (Fsp3) is 0.312. The Hall–Kier alpha value is -1.50. The van der Waals surface area contributed by atoms with Crippen molar-refractivity contribution in [2.75, 3.05) is 19.5 Å². The van der Waals surface area contributed by atoms with Crippen LogP contribution in [0.2, 0.25) is 0 Å². The maximum Gasteiger partial charge on any atom is 0.270 e. The number of nitrogens with zero attached hydrogens (tertiary/aromatic N) is 2.